The standard InChI is InChI=1S/C90H48N8S2/c1-3-19-49(20-4-1)50-35-37-53(38-36-50)88-91-81-61-29-13-18-34-74(61)99-85(81)89(94-88)97-69-33-17-11-27-59(69)78-72(97)47-62-57-25-9-14-30-66(57)95-70-42-40-54(45-63(70)80(78)83(62)95)55-41-44-75-64(46-55)82-86(100-75)90(93-87(92-82)52-22-5-2-6-23-52)98-68-32-16-10-26-58(68)77-73(98)48-65-76-56-24-8-7-21-51(56)39-43-71(76)96-67-31-15-12-28-60(67)79(77)84(65)96/h1-48H. The smallest absolute Gasteiger partial charge is 0.162 e. The number of nitrogens with zero attached hydrogens (tertiary/aromatic N) is 8. The van der Waals surface area contributed by atoms with Gasteiger partial charge >= 0.3 is 0 Å². The maximum Gasteiger partial charge on any atom is 0.162 e. The van der Waals surface area contributed by atoms with Gasteiger partial charge in [0.05, 0.1) is 75.6 Å². The highest BCUT2D eigenvalue weighted by atomic mass is 32.1. The number of rotatable bonds is 6. The maximum atomic E-state index is 5.75. The molecule has 0 saturated heterocycles. The maximum absolute atomic E-state index is 5.75. The zero-order valence-corrected chi connectivity index (χ0v) is 54.7. The van der Waals surface area contributed by atoms with Crippen LogP contribution in [0, 0.1) is 0 Å². The first kappa shape index (κ1) is 53.3. The van der Waals surface area contributed by atoms with Gasteiger partial charge in [-0.25, -0.2) is 19.9 Å². The van der Waals surface area contributed by atoms with E-state index in [1.807, 2.05) is 0 Å². The molecule has 10 aromatic heterocycles. The molecular weight excluding hydrogens is 1260 g/mol. The van der Waals surface area contributed by atoms with E-state index in [2.05, 4.69) is 309 Å². The van der Waals surface area contributed by atoms with Gasteiger partial charge in [0, 0.05) is 95.9 Å². The van der Waals surface area contributed by atoms with Gasteiger partial charge in [0.15, 0.2) is 23.3 Å². The average molecular weight is 1310 g/mol. The Bertz CT molecular complexity index is 7700. The van der Waals surface area contributed by atoms with Crippen molar-refractivity contribution < 1.29 is 0 Å². The fraction of sp³-hybridized carbons (Fsp3) is 0. The summed E-state index contributed by atoms with van der Waals surface area (Å²) >= 11 is 3.55. The molecule has 8 nitrogen and oxygen atoms in total. The number of thiophene rings is 2. The lowest BCUT2D eigenvalue weighted by molar-refractivity contribution is 1.08. The van der Waals surface area contributed by atoms with Crippen LogP contribution < -0.4 is 0 Å². The Hall–Kier alpha value is -12.9. The molecule has 0 bridgehead atoms. The quantitative estimate of drug-likeness (QED) is 0.166. The first-order valence-electron chi connectivity index (χ1n) is 33.9. The summed E-state index contributed by atoms with van der Waals surface area (Å²) in [6, 6.07) is 107. The Morgan fingerprint density at radius 3 is 1.34 bits per heavy atom. The van der Waals surface area contributed by atoms with Crippen LogP contribution in [0.4, 0.5) is 0 Å². The van der Waals surface area contributed by atoms with Crippen LogP contribution in [0.1, 0.15) is 0 Å². The van der Waals surface area contributed by atoms with Gasteiger partial charge in [-0.1, -0.05) is 218 Å². The molecule has 0 N–H and O–H groups in total. The SMILES string of the molecule is c1ccc(-c2ccc(-c3nc(-n4c5ccccc5c5c6c7cc(-c8ccc9sc%10c(-n%11c%12ccccc%12c%12c%13c%14ccccc%14n%14c%15ccc%16ccccc%16c%15c(cc%12%11)c%13%14)nc(-c%11ccccc%11)nc%10c9c8)ccc7n7c8ccccc8c(cc54)c67)c4sc5ccccc5c4n3)cc2)cc1. The first-order chi connectivity index (χ1) is 49.6. The molecule has 14 aromatic carbocycles. The lowest BCUT2D eigenvalue weighted by Gasteiger charge is -2.11. The third kappa shape index (κ3) is 6.97. The van der Waals surface area contributed by atoms with Crippen molar-refractivity contribution in [3.05, 3.63) is 291 Å². The zero-order chi connectivity index (χ0) is 64.7. The van der Waals surface area contributed by atoms with Crippen molar-refractivity contribution in [2.24, 2.45) is 0 Å². The van der Waals surface area contributed by atoms with Gasteiger partial charge in [0.2, 0.25) is 0 Å². The normalized spacial score (nSPS) is 12.6. The molecule has 0 fully saturated rings. The number of fused-ring (bicyclic) bond motifs is 28. The molecule has 0 unspecified atom stereocenters. The highest BCUT2D eigenvalue weighted by Crippen LogP contribution is 2.52. The molecule has 0 aliphatic carbocycles. The van der Waals surface area contributed by atoms with Crippen LogP contribution in [0.3, 0.4) is 0 Å². The van der Waals surface area contributed by atoms with E-state index >= 15 is 0 Å². The minimum atomic E-state index is 0.685. The van der Waals surface area contributed by atoms with Gasteiger partial charge in [-0.15, -0.1) is 22.7 Å². The van der Waals surface area contributed by atoms with Gasteiger partial charge in [0.25, 0.3) is 0 Å². The fourth-order valence-electron chi connectivity index (χ4n) is 17.4. The molecule has 0 spiro atoms. The first-order valence-corrected chi connectivity index (χ1v) is 35.6. The van der Waals surface area contributed by atoms with Crippen LogP contribution in [0.5, 0.6) is 0 Å². The van der Waals surface area contributed by atoms with E-state index in [0.717, 1.165) is 97.4 Å². The third-order valence-electron chi connectivity index (χ3n) is 21.6. The molecular formula is C90H48N8S2. The van der Waals surface area contributed by atoms with Crippen molar-refractivity contribution >= 4 is 194 Å². The van der Waals surface area contributed by atoms with E-state index in [-0.39, 0.29) is 0 Å². The van der Waals surface area contributed by atoms with E-state index < -0.39 is 0 Å². The Labute approximate surface area is 575 Å². The summed E-state index contributed by atoms with van der Waals surface area (Å²) in [6.07, 6.45) is 0. The molecule has 24 rings (SSSR count). The molecule has 100 heavy (non-hydrogen) atoms. The van der Waals surface area contributed by atoms with Crippen LogP contribution in [0.25, 0.3) is 228 Å². The minimum Gasteiger partial charge on any atom is -0.308 e. The largest absolute Gasteiger partial charge is 0.308 e. The third-order valence-corrected chi connectivity index (χ3v) is 23.9. The average Bonchev–Trinajstić information content (AvgIpc) is 1.52. The number of hydrogen-bond donors (Lipinski definition) is 0. The van der Waals surface area contributed by atoms with Gasteiger partial charge < -0.3 is 8.80 Å². The Balaban J connectivity index is 0.749. The Kier molecular flexibility index (Phi) is 10.4. The predicted molar refractivity (Wildman–Crippen MR) is 421 cm³/mol. The number of para-hydroxylation sites is 4. The van der Waals surface area contributed by atoms with Crippen LogP contribution in [-0.4, -0.2) is 37.9 Å². The predicted octanol–water partition coefficient (Wildman–Crippen LogP) is 24.3. The second-order valence-corrected chi connectivity index (χ2v) is 28.8. The molecule has 10 heteroatoms. The summed E-state index contributed by atoms with van der Waals surface area (Å²) in [6.45, 7) is 0. The monoisotopic (exact) mass is 1300 g/mol. The highest BCUT2D eigenvalue weighted by molar-refractivity contribution is 7.26. The van der Waals surface area contributed by atoms with Crippen molar-refractivity contribution in [1.29, 1.82) is 0 Å². The zero-order valence-electron chi connectivity index (χ0n) is 53.1. The van der Waals surface area contributed by atoms with E-state index in [0.29, 0.717) is 11.6 Å². The Morgan fingerprint density at radius 2 is 0.660 bits per heavy atom. The molecule has 0 radical (unpaired) electrons. The summed E-state index contributed by atoms with van der Waals surface area (Å²) in [5, 5.41) is 19.3. The number of hydrogen-bond acceptors (Lipinski definition) is 6. The number of aromatic nitrogens is 8. The minimum absolute atomic E-state index is 0.685. The molecule has 0 aliphatic rings. The summed E-state index contributed by atoms with van der Waals surface area (Å²) in [7, 11) is 0. The Morgan fingerprint density at radius 1 is 0.230 bits per heavy atom. The van der Waals surface area contributed by atoms with Crippen molar-refractivity contribution in [3.63, 3.8) is 0 Å². The van der Waals surface area contributed by atoms with Gasteiger partial charge in [-0.05, 0) is 106 Å². The van der Waals surface area contributed by atoms with Crippen LogP contribution in [-0.2, 0) is 0 Å². The summed E-state index contributed by atoms with van der Waals surface area (Å²) in [5.41, 5.74) is 20.0. The lowest BCUT2D eigenvalue weighted by atomic mass is 9.98. The van der Waals surface area contributed by atoms with E-state index in [1.165, 1.54) is 119 Å². The van der Waals surface area contributed by atoms with Crippen LogP contribution in [0.2, 0.25) is 0 Å². The number of benzene rings is 14. The lowest BCUT2D eigenvalue weighted by Crippen LogP contribution is -2.01. The van der Waals surface area contributed by atoms with Crippen molar-refractivity contribution in [3.8, 4) is 56.7 Å². The molecule has 0 aliphatic heterocycles. The summed E-state index contributed by atoms with van der Waals surface area (Å²) in [4.78, 5) is 22.6. The second-order valence-electron chi connectivity index (χ2n) is 26.7. The molecule has 460 valence electrons. The van der Waals surface area contributed by atoms with Crippen molar-refractivity contribution in [2.45, 2.75) is 0 Å². The second kappa shape index (κ2) is 19.5. The fourth-order valence-corrected chi connectivity index (χ4v) is 19.6. The van der Waals surface area contributed by atoms with E-state index in [9.17, 15) is 0 Å². The van der Waals surface area contributed by atoms with Gasteiger partial charge in [-0.3, -0.25) is 9.13 Å². The van der Waals surface area contributed by atoms with E-state index in [4.69, 9.17) is 19.9 Å². The molecule has 0 amide bonds. The summed E-state index contributed by atoms with van der Waals surface area (Å²) < 4.78 is 14.3. The molecule has 10 heterocycles. The van der Waals surface area contributed by atoms with Crippen LogP contribution in [0.15, 0.2) is 291 Å². The molecule has 0 saturated carbocycles. The summed E-state index contributed by atoms with van der Waals surface area (Å²) in [5.74, 6) is 3.12. The molecule has 24 aromatic rings. The highest BCUT2D eigenvalue weighted by Gasteiger charge is 2.30. The van der Waals surface area contributed by atoms with Crippen LogP contribution >= 0.6 is 22.7 Å². The van der Waals surface area contributed by atoms with Crippen molar-refractivity contribution in [2.75, 3.05) is 0 Å². The molecule has 0 atom stereocenters. The van der Waals surface area contributed by atoms with E-state index in [1.54, 1.807) is 22.7 Å². The van der Waals surface area contributed by atoms with Crippen molar-refractivity contribution in [1.82, 2.24) is 37.9 Å². The van der Waals surface area contributed by atoms with Gasteiger partial charge in [-0.2, -0.15) is 0 Å². The topological polar surface area (TPSA) is 70.2 Å². The van der Waals surface area contributed by atoms with Gasteiger partial charge in [0.1, 0.15) is 0 Å².